The molecule has 1 aliphatic heterocycles. The van der Waals surface area contributed by atoms with Gasteiger partial charge in [0.05, 0.1) is 21.7 Å². The van der Waals surface area contributed by atoms with Crippen molar-refractivity contribution in [2.45, 2.75) is 25.9 Å². The maximum atomic E-state index is 12.6. The fourth-order valence-electron chi connectivity index (χ4n) is 2.97. The minimum absolute atomic E-state index is 0.112. The summed E-state index contributed by atoms with van der Waals surface area (Å²) < 4.78 is 0. The van der Waals surface area contributed by atoms with E-state index in [9.17, 15) is 14.9 Å². The summed E-state index contributed by atoms with van der Waals surface area (Å²) in [6.45, 7) is 3.32. The SMILES string of the molecule is CC(C(=O)Nc1cc([N+](=O)[O-])ccc1Cl)N1CCc2ccccc2C1. The Morgan fingerprint density at radius 1 is 1.28 bits per heavy atom. The summed E-state index contributed by atoms with van der Waals surface area (Å²) in [6.07, 6.45) is 0.894. The topological polar surface area (TPSA) is 75.5 Å². The van der Waals surface area contributed by atoms with Gasteiger partial charge in [0.2, 0.25) is 5.91 Å². The first kappa shape index (κ1) is 17.4. The molecule has 0 saturated carbocycles. The van der Waals surface area contributed by atoms with E-state index in [0.29, 0.717) is 6.54 Å². The van der Waals surface area contributed by atoms with Crippen LogP contribution in [0, 0.1) is 10.1 Å². The van der Waals surface area contributed by atoms with E-state index in [1.807, 2.05) is 19.1 Å². The summed E-state index contributed by atoms with van der Waals surface area (Å²) in [5, 5.41) is 13.9. The Morgan fingerprint density at radius 3 is 2.72 bits per heavy atom. The lowest BCUT2D eigenvalue weighted by molar-refractivity contribution is -0.384. The third-order valence-electron chi connectivity index (χ3n) is 4.51. The van der Waals surface area contributed by atoms with Gasteiger partial charge in [0.1, 0.15) is 0 Å². The molecule has 1 aliphatic rings. The van der Waals surface area contributed by atoms with Crippen molar-refractivity contribution in [2.24, 2.45) is 0 Å². The van der Waals surface area contributed by atoms with Gasteiger partial charge >= 0.3 is 0 Å². The summed E-state index contributed by atoms with van der Waals surface area (Å²) in [4.78, 5) is 25.0. The fraction of sp³-hybridized carbons (Fsp3) is 0.278. The highest BCUT2D eigenvalue weighted by atomic mass is 35.5. The van der Waals surface area contributed by atoms with Crippen LogP contribution in [0.4, 0.5) is 11.4 Å². The van der Waals surface area contributed by atoms with Crippen molar-refractivity contribution < 1.29 is 9.72 Å². The Balaban J connectivity index is 1.72. The number of hydrogen-bond donors (Lipinski definition) is 1. The second kappa shape index (κ2) is 7.21. The van der Waals surface area contributed by atoms with Gasteiger partial charge in [-0.2, -0.15) is 0 Å². The van der Waals surface area contributed by atoms with Crippen LogP contribution in [0.1, 0.15) is 18.1 Å². The van der Waals surface area contributed by atoms with Gasteiger partial charge in [0, 0.05) is 25.2 Å². The number of rotatable bonds is 4. The van der Waals surface area contributed by atoms with E-state index < -0.39 is 4.92 Å². The molecule has 0 aromatic heterocycles. The van der Waals surface area contributed by atoms with Gasteiger partial charge in [-0.15, -0.1) is 0 Å². The first-order chi connectivity index (χ1) is 12.0. The van der Waals surface area contributed by atoms with Gasteiger partial charge in [-0.1, -0.05) is 35.9 Å². The average Bonchev–Trinajstić information content (AvgIpc) is 2.62. The zero-order chi connectivity index (χ0) is 18.0. The molecule has 25 heavy (non-hydrogen) atoms. The summed E-state index contributed by atoms with van der Waals surface area (Å²) in [5.74, 6) is -0.234. The molecule has 1 amide bonds. The second-order valence-corrected chi connectivity index (χ2v) is 6.48. The molecule has 2 aromatic carbocycles. The van der Waals surface area contributed by atoms with E-state index in [0.717, 1.165) is 13.0 Å². The zero-order valence-corrected chi connectivity index (χ0v) is 14.5. The molecule has 0 fully saturated rings. The number of anilines is 1. The number of nitro benzene ring substituents is 1. The van der Waals surface area contributed by atoms with Crippen LogP contribution in [0.5, 0.6) is 0 Å². The number of carbonyl (C=O) groups excluding carboxylic acids is 1. The maximum absolute atomic E-state index is 12.6. The highest BCUT2D eigenvalue weighted by molar-refractivity contribution is 6.33. The highest BCUT2D eigenvalue weighted by Crippen LogP contribution is 2.27. The van der Waals surface area contributed by atoms with Crippen LogP contribution in [0.3, 0.4) is 0 Å². The summed E-state index contributed by atoms with van der Waals surface area (Å²) in [7, 11) is 0. The van der Waals surface area contributed by atoms with Crippen molar-refractivity contribution in [3.63, 3.8) is 0 Å². The molecule has 1 atom stereocenters. The molecule has 6 nitrogen and oxygen atoms in total. The van der Waals surface area contributed by atoms with Gasteiger partial charge in [-0.25, -0.2) is 0 Å². The predicted molar refractivity (Wildman–Crippen MR) is 96.8 cm³/mol. The largest absolute Gasteiger partial charge is 0.323 e. The Morgan fingerprint density at radius 2 is 2.00 bits per heavy atom. The summed E-state index contributed by atoms with van der Waals surface area (Å²) in [6, 6.07) is 11.8. The number of nitro groups is 1. The average molecular weight is 360 g/mol. The summed E-state index contributed by atoms with van der Waals surface area (Å²) >= 11 is 6.05. The van der Waals surface area contributed by atoms with Crippen molar-refractivity contribution in [1.82, 2.24) is 4.90 Å². The Labute approximate surface area is 150 Å². The van der Waals surface area contributed by atoms with Crippen molar-refractivity contribution in [1.29, 1.82) is 0 Å². The van der Waals surface area contributed by atoms with Crippen molar-refractivity contribution >= 4 is 28.9 Å². The number of hydrogen-bond acceptors (Lipinski definition) is 4. The standard InChI is InChI=1S/C18H18ClN3O3/c1-12(21-9-8-13-4-2-3-5-14(13)11-21)18(23)20-17-10-15(22(24)25)6-7-16(17)19/h2-7,10,12H,8-9,11H2,1H3,(H,20,23). The molecular weight excluding hydrogens is 342 g/mol. The molecule has 1 N–H and O–H groups in total. The van der Waals surface area contributed by atoms with Crippen molar-refractivity contribution in [3.8, 4) is 0 Å². The third kappa shape index (κ3) is 3.81. The molecular formula is C18H18ClN3O3. The Kier molecular flexibility index (Phi) is 5.01. The van der Waals surface area contributed by atoms with Crippen molar-refractivity contribution in [3.05, 3.63) is 68.7 Å². The molecule has 0 spiro atoms. The maximum Gasteiger partial charge on any atom is 0.271 e. The monoisotopic (exact) mass is 359 g/mol. The van der Waals surface area contributed by atoms with E-state index in [4.69, 9.17) is 11.6 Å². The minimum atomic E-state index is -0.517. The van der Waals surface area contributed by atoms with Crippen LogP contribution >= 0.6 is 11.6 Å². The van der Waals surface area contributed by atoms with Gasteiger partial charge in [0.15, 0.2) is 0 Å². The van der Waals surface area contributed by atoms with Crippen LogP contribution in [0.25, 0.3) is 0 Å². The van der Waals surface area contributed by atoms with E-state index in [2.05, 4.69) is 22.3 Å². The highest BCUT2D eigenvalue weighted by Gasteiger charge is 2.26. The van der Waals surface area contributed by atoms with Crippen LogP contribution in [0.2, 0.25) is 5.02 Å². The molecule has 0 saturated heterocycles. The predicted octanol–water partition coefficient (Wildman–Crippen LogP) is 3.63. The number of fused-ring (bicyclic) bond motifs is 1. The van der Waals surface area contributed by atoms with Crippen LogP contribution in [-0.2, 0) is 17.8 Å². The van der Waals surface area contributed by atoms with Crippen LogP contribution in [-0.4, -0.2) is 28.3 Å². The quantitative estimate of drug-likeness (QED) is 0.668. The number of amides is 1. The van der Waals surface area contributed by atoms with Crippen LogP contribution < -0.4 is 5.32 Å². The molecule has 2 aromatic rings. The molecule has 3 rings (SSSR count). The lowest BCUT2D eigenvalue weighted by Crippen LogP contribution is -2.44. The number of non-ortho nitro benzene ring substituents is 1. The first-order valence-corrected chi connectivity index (χ1v) is 8.39. The Bertz CT molecular complexity index is 825. The number of nitrogens with zero attached hydrogens (tertiary/aromatic N) is 2. The molecule has 1 unspecified atom stereocenters. The van der Waals surface area contributed by atoms with Gasteiger partial charge in [-0.3, -0.25) is 19.8 Å². The second-order valence-electron chi connectivity index (χ2n) is 6.08. The third-order valence-corrected chi connectivity index (χ3v) is 4.84. The smallest absolute Gasteiger partial charge is 0.271 e. The molecule has 1 heterocycles. The number of carbonyl (C=O) groups is 1. The van der Waals surface area contributed by atoms with E-state index in [-0.39, 0.29) is 28.3 Å². The normalized spacial score (nSPS) is 15.3. The van der Waals surface area contributed by atoms with E-state index in [1.165, 1.54) is 29.3 Å². The lowest BCUT2D eigenvalue weighted by atomic mass is 9.99. The zero-order valence-electron chi connectivity index (χ0n) is 13.7. The van der Waals surface area contributed by atoms with Gasteiger partial charge in [0.25, 0.3) is 5.69 Å². The van der Waals surface area contributed by atoms with E-state index >= 15 is 0 Å². The van der Waals surface area contributed by atoms with E-state index in [1.54, 1.807) is 0 Å². The fourth-order valence-corrected chi connectivity index (χ4v) is 3.14. The number of halogens is 1. The van der Waals surface area contributed by atoms with Gasteiger partial charge < -0.3 is 5.32 Å². The van der Waals surface area contributed by atoms with Crippen LogP contribution in [0.15, 0.2) is 42.5 Å². The lowest BCUT2D eigenvalue weighted by Gasteiger charge is -2.32. The molecule has 130 valence electrons. The molecule has 7 heteroatoms. The molecule has 0 radical (unpaired) electrons. The first-order valence-electron chi connectivity index (χ1n) is 8.01. The molecule has 0 bridgehead atoms. The number of benzene rings is 2. The minimum Gasteiger partial charge on any atom is -0.323 e. The molecule has 0 aliphatic carbocycles. The summed E-state index contributed by atoms with van der Waals surface area (Å²) in [5.41, 5.74) is 2.68. The number of nitrogens with one attached hydrogen (secondary N) is 1. The Hall–Kier alpha value is -2.44. The van der Waals surface area contributed by atoms with Gasteiger partial charge in [-0.05, 0) is 30.5 Å². The van der Waals surface area contributed by atoms with Crippen molar-refractivity contribution in [2.75, 3.05) is 11.9 Å².